The number of pyridine rings is 2. The van der Waals surface area contributed by atoms with Crippen molar-refractivity contribution in [2.75, 3.05) is 13.1 Å². The number of aromatic nitrogens is 2. The summed E-state index contributed by atoms with van der Waals surface area (Å²) >= 11 is 5.85. The third-order valence-electron chi connectivity index (χ3n) is 6.18. The first-order chi connectivity index (χ1) is 16.0. The molecule has 1 saturated heterocycles. The second-order valence-electron chi connectivity index (χ2n) is 8.62. The SMILES string of the molecule is O=c1cc(OCc2ccc(Cl)cn2)ccn1C1=Cc2ccc(CN3CC[C@H](F)C3)cc2CC1. The molecule has 3 aromatic rings. The van der Waals surface area contributed by atoms with Crippen molar-refractivity contribution in [2.45, 2.75) is 38.6 Å². The number of fused-ring (bicyclic) bond motifs is 1. The Morgan fingerprint density at radius 3 is 2.82 bits per heavy atom. The van der Waals surface area contributed by atoms with Crippen molar-refractivity contribution in [1.82, 2.24) is 14.5 Å². The molecule has 1 aliphatic heterocycles. The van der Waals surface area contributed by atoms with Gasteiger partial charge in [-0.25, -0.2) is 4.39 Å². The molecule has 5 rings (SSSR count). The number of likely N-dealkylation sites (tertiary alicyclic amines) is 1. The number of aryl methyl sites for hydroxylation is 1. The summed E-state index contributed by atoms with van der Waals surface area (Å²) in [4.78, 5) is 19.1. The smallest absolute Gasteiger partial charge is 0.258 e. The van der Waals surface area contributed by atoms with E-state index in [0.29, 0.717) is 23.7 Å². The lowest BCUT2D eigenvalue weighted by Crippen LogP contribution is -2.21. The molecule has 170 valence electrons. The molecule has 0 radical (unpaired) electrons. The van der Waals surface area contributed by atoms with Gasteiger partial charge in [-0.1, -0.05) is 29.8 Å². The molecular weight excluding hydrogens is 441 g/mol. The van der Waals surface area contributed by atoms with E-state index in [9.17, 15) is 9.18 Å². The maximum absolute atomic E-state index is 13.5. The highest BCUT2D eigenvalue weighted by Crippen LogP contribution is 2.28. The van der Waals surface area contributed by atoms with Crippen LogP contribution in [0.1, 0.15) is 35.2 Å². The number of halogens is 2. The molecule has 1 aromatic carbocycles. The maximum Gasteiger partial charge on any atom is 0.258 e. The van der Waals surface area contributed by atoms with E-state index in [-0.39, 0.29) is 12.2 Å². The summed E-state index contributed by atoms with van der Waals surface area (Å²) in [5.74, 6) is 0.506. The zero-order valence-corrected chi connectivity index (χ0v) is 19.0. The van der Waals surface area contributed by atoms with Crippen LogP contribution in [0.3, 0.4) is 0 Å². The fourth-order valence-corrected chi connectivity index (χ4v) is 4.56. The zero-order valence-electron chi connectivity index (χ0n) is 18.2. The zero-order chi connectivity index (χ0) is 22.8. The van der Waals surface area contributed by atoms with E-state index in [1.54, 1.807) is 35.2 Å². The molecule has 0 spiro atoms. The summed E-state index contributed by atoms with van der Waals surface area (Å²) in [6.07, 6.45) is 7.00. The second kappa shape index (κ2) is 9.49. The number of benzene rings is 1. The number of hydrogen-bond acceptors (Lipinski definition) is 4. The Morgan fingerprint density at radius 2 is 2.06 bits per heavy atom. The van der Waals surface area contributed by atoms with Crippen LogP contribution in [-0.4, -0.2) is 33.7 Å². The van der Waals surface area contributed by atoms with Crippen LogP contribution >= 0.6 is 11.6 Å². The van der Waals surface area contributed by atoms with Gasteiger partial charge in [-0.15, -0.1) is 0 Å². The highest BCUT2D eigenvalue weighted by molar-refractivity contribution is 6.30. The third kappa shape index (κ3) is 5.18. The Labute approximate surface area is 197 Å². The fraction of sp³-hybridized carbons (Fsp3) is 0.308. The minimum absolute atomic E-state index is 0.127. The van der Waals surface area contributed by atoms with Crippen LogP contribution in [0.5, 0.6) is 5.75 Å². The summed E-state index contributed by atoms with van der Waals surface area (Å²) in [5, 5.41) is 0.571. The van der Waals surface area contributed by atoms with Crippen molar-refractivity contribution in [3.8, 4) is 5.75 Å². The summed E-state index contributed by atoms with van der Waals surface area (Å²) < 4.78 is 20.8. The lowest BCUT2D eigenvalue weighted by Gasteiger charge is -2.20. The standard InChI is InChI=1S/C26H25ClFN3O2/c27-21-4-5-23(29-14-21)17-33-25-8-10-31(26(32)13-25)24-6-3-19-11-18(1-2-20(19)12-24)15-30-9-7-22(28)16-30/h1-2,4-5,8,10-14,22H,3,6-7,9,15-17H2/t22-/m0/s1. The molecule has 5 nitrogen and oxygen atoms in total. The van der Waals surface area contributed by atoms with Gasteiger partial charge in [0.25, 0.3) is 5.56 Å². The van der Waals surface area contributed by atoms with Gasteiger partial charge in [-0.2, -0.15) is 0 Å². The first kappa shape index (κ1) is 21.9. The minimum Gasteiger partial charge on any atom is -0.487 e. The summed E-state index contributed by atoms with van der Waals surface area (Å²) in [7, 11) is 0. The summed E-state index contributed by atoms with van der Waals surface area (Å²) in [6, 6.07) is 13.3. The Balaban J connectivity index is 1.27. The van der Waals surface area contributed by atoms with E-state index >= 15 is 0 Å². The monoisotopic (exact) mass is 465 g/mol. The maximum atomic E-state index is 13.5. The number of ether oxygens (including phenoxy) is 1. The van der Waals surface area contributed by atoms with Crippen LogP contribution in [0, 0.1) is 0 Å². The van der Waals surface area contributed by atoms with Crippen molar-refractivity contribution in [3.63, 3.8) is 0 Å². The quantitative estimate of drug-likeness (QED) is 0.516. The van der Waals surface area contributed by atoms with Crippen LogP contribution in [-0.2, 0) is 19.6 Å². The van der Waals surface area contributed by atoms with Gasteiger partial charge in [0.15, 0.2) is 0 Å². The number of nitrogens with zero attached hydrogens (tertiary/aromatic N) is 3. The van der Waals surface area contributed by atoms with Gasteiger partial charge in [-0.3, -0.25) is 19.2 Å². The average Bonchev–Trinajstić information content (AvgIpc) is 3.23. The Kier molecular flexibility index (Phi) is 6.29. The van der Waals surface area contributed by atoms with Gasteiger partial charge >= 0.3 is 0 Å². The Hall–Kier alpha value is -2.96. The number of allylic oxidation sites excluding steroid dienone is 1. The average molecular weight is 466 g/mol. The molecule has 33 heavy (non-hydrogen) atoms. The van der Waals surface area contributed by atoms with E-state index in [1.807, 2.05) is 0 Å². The predicted molar refractivity (Wildman–Crippen MR) is 128 cm³/mol. The molecular formula is C26H25ClFN3O2. The Bertz CT molecular complexity index is 1240. The number of alkyl halides is 1. The molecule has 0 N–H and O–H groups in total. The Morgan fingerprint density at radius 1 is 1.15 bits per heavy atom. The van der Waals surface area contributed by atoms with Gasteiger partial charge in [0.1, 0.15) is 18.5 Å². The molecule has 0 unspecified atom stereocenters. The molecule has 0 amide bonds. The van der Waals surface area contributed by atoms with Crippen LogP contribution in [0.15, 0.2) is 59.7 Å². The largest absolute Gasteiger partial charge is 0.487 e. The fourth-order valence-electron chi connectivity index (χ4n) is 4.44. The minimum atomic E-state index is -0.697. The molecule has 1 fully saturated rings. The molecule has 2 aliphatic rings. The van der Waals surface area contributed by atoms with Gasteiger partial charge in [0.2, 0.25) is 0 Å². The molecule has 7 heteroatoms. The van der Waals surface area contributed by atoms with Crippen LogP contribution < -0.4 is 10.3 Å². The van der Waals surface area contributed by atoms with Crippen molar-refractivity contribution in [1.29, 1.82) is 0 Å². The van der Waals surface area contributed by atoms with E-state index in [2.05, 4.69) is 34.2 Å². The molecule has 0 bridgehead atoms. The molecule has 3 heterocycles. The van der Waals surface area contributed by atoms with Crippen molar-refractivity contribution >= 4 is 23.4 Å². The predicted octanol–water partition coefficient (Wildman–Crippen LogP) is 4.96. The van der Waals surface area contributed by atoms with E-state index < -0.39 is 6.17 Å². The first-order valence-corrected chi connectivity index (χ1v) is 11.6. The van der Waals surface area contributed by atoms with E-state index in [0.717, 1.165) is 42.9 Å². The van der Waals surface area contributed by atoms with Crippen LogP contribution in [0.4, 0.5) is 4.39 Å². The van der Waals surface area contributed by atoms with Crippen molar-refractivity contribution in [3.05, 3.63) is 92.6 Å². The molecule has 0 saturated carbocycles. The van der Waals surface area contributed by atoms with Crippen LogP contribution in [0.25, 0.3) is 11.8 Å². The normalized spacial score (nSPS) is 18.1. The van der Waals surface area contributed by atoms with E-state index in [1.165, 1.54) is 17.2 Å². The van der Waals surface area contributed by atoms with Crippen molar-refractivity contribution in [2.24, 2.45) is 0 Å². The lowest BCUT2D eigenvalue weighted by atomic mass is 9.93. The first-order valence-electron chi connectivity index (χ1n) is 11.2. The van der Waals surface area contributed by atoms with Gasteiger partial charge in [-0.05, 0) is 60.2 Å². The third-order valence-corrected chi connectivity index (χ3v) is 6.40. The summed E-state index contributed by atoms with van der Waals surface area (Å²) in [6.45, 7) is 2.40. The van der Waals surface area contributed by atoms with Gasteiger partial charge in [0, 0.05) is 43.8 Å². The van der Waals surface area contributed by atoms with Crippen LogP contribution in [0.2, 0.25) is 5.02 Å². The highest BCUT2D eigenvalue weighted by Gasteiger charge is 2.22. The number of rotatable bonds is 6. The van der Waals surface area contributed by atoms with Gasteiger partial charge in [0.05, 0.1) is 10.7 Å². The molecule has 1 atom stereocenters. The summed E-state index contributed by atoms with van der Waals surface area (Å²) in [5.41, 5.74) is 5.20. The molecule has 2 aromatic heterocycles. The van der Waals surface area contributed by atoms with Crippen molar-refractivity contribution < 1.29 is 9.13 Å². The second-order valence-corrected chi connectivity index (χ2v) is 9.05. The molecule has 1 aliphatic carbocycles. The van der Waals surface area contributed by atoms with E-state index in [4.69, 9.17) is 16.3 Å². The topological polar surface area (TPSA) is 47.4 Å². The lowest BCUT2D eigenvalue weighted by molar-refractivity contribution is 0.282. The highest BCUT2D eigenvalue weighted by atomic mass is 35.5. The number of hydrogen-bond donors (Lipinski definition) is 0. The van der Waals surface area contributed by atoms with Gasteiger partial charge < -0.3 is 4.74 Å².